The highest BCUT2D eigenvalue weighted by Crippen LogP contribution is 2.31. The smallest absolute Gasteiger partial charge is 0.248 e. The third-order valence-electron chi connectivity index (χ3n) is 6.22. The zero-order valence-corrected chi connectivity index (χ0v) is 17.4. The van der Waals surface area contributed by atoms with Crippen molar-refractivity contribution in [2.45, 2.75) is 32.4 Å². The van der Waals surface area contributed by atoms with Crippen LogP contribution >= 0.6 is 0 Å². The van der Waals surface area contributed by atoms with Crippen molar-refractivity contribution in [2.75, 3.05) is 20.2 Å². The number of rotatable bonds is 6. The van der Waals surface area contributed by atoms with Crippen LogP contribution in [0.2, 0.25) is 0 Å². The maximum atomic E-state index is 11.5. The summed E-state index contributed by atoms with van der Waals surface area (Å²) in [4.78, 5) is 17.0. The van der Waals surface area contributed by atoms with E-state index in [0.29, 0.717) is 0 Å². The van der Waals surface area contributed by atoms with Crippen LogP contribution in [0.1, 0.15) is 24.1 Å². The molecule has 5 nitrogen and oxygen atoms in total. The lowest BCUT2D eigenvalue weighted by atomic mass is 10.1. The Morgan fingerprint density at radius 3 is 2.83 bits per heavy atom. The number of nitrogens with one attached hydrogen (secondary N) is 1. The van der Waals surface area contributed by atoms with Gasteiger partial charge in [-0.15, -0.1) is 0 Å². The number of benzene rings is 2. The molecule has 0 aliphatic carbocycles. The van der Waals surface area contributed by atoms with Crippen LogP contribution in [0.4, 0.5) is 0 Å². The summed E-state index contributed by atoms with van der Waals surface area (Å²) in [5.41, 5.74) is 4.83. The molecule has 0 radical (unpaired) electrons. The fourth-order valence-corrected chi connectivity index (χ4v) is 4.64. The van der Waals surface area contributed by atoms with Crippen LogP contribution in [0, 0.1) is 0 Å². The van der Waals surface area contributed by atoms with Gasteiger partial charge in [-0.1, -0.05) is 18.2 Å². The fourth-order valence-electron chi connectivity index (χ4n) is 4.64. The summed E-state index contributed by atoms with van der Waals surface area (Å²) < 4.78 is 7.98. The van der Waals surface area contributed by atoms with E-state index >= 15 is 0 Å². The Hall–Kier alpha value is -3.05. The average molecular weight is 402 g/mol. The summed E-state index contributed by atoms with van der Waals surface area (Å²) >= 11 is 0. The van der Waals surface area contributed by atoms with Gasteiger partial charge in [0.2, 0.25) is 5.56 Å². The molecule has 30 heavy (non-hydrogen) atoms. The number of aromatic nitrogens is 2. The predicted octanol–water partition coefficient (Wildman–Crippen LogP) is 4.33. The van der Waals surface area contributed by atoms with Crippen LogP contribution in [0.5, 0.6) is 5.75 Å². The number of pyridine rings is 1. The number of fused-ring (bicyclic) bond motifs is 4. The van der Waals surface area contributed by atoms with Gasteiger partial charge in [-0.3, -0.25) is 9.69 Å². The molecule has 5 rings (SSSR count). The summed E-state index contributed by atoms with van der Waals surface area (Å²) in [5, 5.41) is 2.30. The lowest BCUT2D eigenvalue weighted by Gasteiger charge is -2.28. The minimum Gasteiger partial charge on any atom is -0.496 e. The Labute approximate surface area is 175 Å². The van der Waals surface area contributed by atoms with Crippen molar-refractivity contribution in [1.82, 2.24) is 14.5 Å². The number of methoxy groups -OCH3 is 1. The molecule has 0 unspecified atom stereocenters. The van der Waals surface area contributed by atoms with Crippen molar-refractivity contribution in [1.29, 1.82) is 0 Å². The Morgan fingerprint density at radius 2 is 1.93 bits per heavy atom. The maximum absolute atomic E-state index is 11.5. The minimum absolute atomic E-state index is 0.0419. The largest absolute Gasteiger partial charge is 0.496 e. The molecular weight excluding hydrogens is 374 g/mol. The molecule has 0 bridgehead atoms. The molecule has 0 saturated carbocycles. The lowest BCUT2D eigenvalue weighted by Crippen LogP contribution is -2.34. The number of hydrogen-bond acceptors (Lipinski definition) is 3. The SMILES string of the molecule is COc1cccc2c1cc1n2CCN(CCCCc2ccc3ccc(=O)[nH]c3c2)C1. The zero-order chi connectivity index (χ0) is 20.5. The van der Waals surface area contributed by atoms with E-state index in [1.54, 1.807) is 13.2 Å². The number of H-pyrrole nitrogens is 1. The van der Waals surface area contributed by atoms with E-state index in [1.165, 1.54) is 28.6 Å². The highest BCUT2D eigenvalue weighted by atomic mass is 16.5. The van der Waals surface area contributed by atoms with Crippen LogP contribution in [0.3, 0.4) is 0 Å². The molecule has 0 atom stereocenters. The number of hydrogen-bond donors (Lipinski definition) is 1. The summed E-state index contributed by atoms with van der Waals surface area (Å²) in [6.45, 7) is 4.23. The van der Waals surface area contributed by atoms with Gasteiger partial charge in [0.15, 0.2) is 0 Å². The third-order valence-corrected chi connectivity index (χ3v) is 6.22. The predicted molar refractivity (Wildman–Crippen MR) is 121 cm³/mol. The molecule has 0 fully saturated rings. The van der Waals surface area contributed by atoms with E-state index < -0.39 is 0 Å². The second kappa shape index (κ2) is 8.00. The lowest BCUT2D eigenvalue weighted by molar-refractivity contribution is 0.219. The topological polar surface area (TPSA) is 50.3 Å². The normalized spacial score (nSPS) is 14.3. The second-order valence-electron chi connectivity index (χ2n) is 8.16. The van der Waals surface area contributed by atoms with Crippen molar-refractivity contribution in [2.24, 2.45) is 0 Å². The standard InChI is InChI=1S/C25H27N3O2/c1-30-24-7-4-6-23-21(24)16-20-17-27(13-14-28(20)23)12-3-2-5-18-8-9-19-10-11-25(29)26-22(19)15-18/h4,6-11,15-16H,2-3,5,12-14,17H2,1H3,(H,26,29). The first-order valence-corrected chi connectivity index (χ1v) is 10.7. The van der Waals surface area contributed by atoms with E-state index in [2.05, 4.69) is 50.8 Å². The van der Waals surface area contributed by atoms with Crippen molar-refractivity contribution in [3.8, 4) is 5.75 Å². The van der Waals surface area contributed by atoms with Gasteiger partial charge in [0, 0.05) is 42.3 Å². The third kappa shape index (κ3) is 3.61. The first-order chi connectivity index (χ1) is 14.7. The van der Waals surface area contributed by atoms with Crippen molar-refractivity contribution >= 4 is 21.8 Å². The number of aromatic amines is 1. The Bertz CT molecular complexity index is 1250. The van der Waals surface area contributed by atoms with Crippen molar-refractivity contribution < 1.29 is 4.74 Å². The molecule has 1 N–H and O–H groups in total. The van der Waals surface area contributed by atoms with Gasteiger partial charge < -0.3 is 14.3 Å². The maximum Gasteiger partial charge on any atom is 0.248 e. The number of unbranched alkanes of at least 4 members (excludes halogenated alkanes) is 1. The molecule has 0 saturated heterocycles. The van der Waals surface area contributed by atoms with E-state index in [0.717, 1.165) is 55.7 Å². The molecule has 2 aromatic heterocycles. The van der Waals surface area contributed by atoms with E-state index in [-0.39, 0.29) is 5.56 Å². The Kier molecular flexibility index (Phi) is 5.05. The number of aryl methyl sites for hydroxylation is 1. The van der Waals surface area contributed by atoms with E-state index in [4.69, 9.17) is 4.74 Å². The minimum atomic E-state index is -0.0419. The fraction of sp³-hybridized carbons (Fsp3) is 0.320. The molecular formula is C25H27N3O2. The number of nitrogens with zero attached hydrogens (tertiary/aromatic N) is 2. The molecule has 0 amide bonds. The van der Waals surface area contributed by atoms with Crippen molar-refractivity contribution in [3.05, 3.63) is 76.2 Å². The van der Waals surface area contributed by atoms with Crippen LogP contribution in [0.15, 0.2) is 59.4 Å². The molecule has 1 aliphatic rings. The van der Waals surface area contributed by atoms with Gasteiger partial charge in [-0.2, -0.15) is 0 Å². The van der Waals surface area contributed by atoms with Gasteiger partial charge in [0.1, 0.15) is 5.75 Å². The zero-order valence-electron chi connectivity index (χ0n) is 17.4. The van der Waals surface area contributed by atoms with Crippen LogP contribution in [-0.2, 0) is 19.5 Å². The summed E-state index contributed by atoms with van der Waals surface area (Å²) in [7, 11) is 1.74. The molecule has 2 aromatic carbocycles. The van der Waals surface area contributed by atoms with Crippen LogP contribution in [0.25, 0.3) is 21.8 Å². The van der Waals surface area contributed by atoms with Gasteiger partial charge in [-0.05, 0) is 67.1 Å². The first kappa shape index (κ1) is 18.9. The van der Waals surface area contributed by atoms with E-state index in [9.17, 15) is 4.79 Å². The summed E-state index contributed by atoms with van der Waals surface area (Å²) in [6.07, 6.45) is 3.36. The molecule has 5 heteroatoms. The second-order valence-corrected chi connectivity index (χ2v) is 8.16. The first-order valence-electron chi connectivity index (χ1n) is 10.7. The van der Waals surface area contributed by atoms with Gasteiger partial charge >= 0.3 is 0 Å². The Balaban J connectivity index is 1.19. The molecule has 1 aliphatic heterocycles. The monoisotopic (exact) mass is 401 g/mol. The number of ether oxygens (including phenoxy) is 1. The van der Waals surface area contributed by atoms with Crippen molar-refractivity contribution in [3.63, 3.8) is 0 Å². The van der Waals surface area contributed by atoms with Gasteiger partial charge in [0.25, 0.3) is 0 Å². The van der Waals surface area contributed by atoms with Crippen LogP contribution in [-0.4, -0.2) is 34.7 Å². The van der Waals surface area contributed by atoms with Gasteiger partial charge in [-0.25, -0.2) is 0 Å². The highest BCUT2D eigenvalue weighted by molar-refractivity contribution is 5.87. The molecule has 0 spiro atoms. The average Bonchev–Trinajstić information content (AvgIpc) is 3.14. The molecule has 4 aromatic rings. The summed E-state index contributed by atoms with van der Waals surface area (Å²) in [5.74, 6) is 0.956. The quantitative estimate of drug-likeness (QED) is 0.489. The Morgan fingerprint density at radius 1 is 1.03 bits per heavy atom. The molecule has 3 heterocycles. The highest BCUT2D eigenvalue weighted by Gasteiger charge is 2.19. The summed E-state index contributed by atoms with van der Waals surface area (Å²) in [6, 6.07) is 18.4. The van der Waals surface area contributed by atoms with Gasteiger partial charge in [0.05, 0.1) is 12.6 Å². The van der Waals surface area contributed by atoms with E-state index in [1.807, 2.05) is 12.1 Å². The van der Waals surface area contributed by atoms with Crippen LogP contribution < -0.4 is 10.3 Å². The molecule has 154 valence electrons.